The first-order valence-corrected chi connectivity index (χ1v) is 11.5. The minimum Gasteiger partial charge on any atom is -0.402 e. The molecule has 2 aromatic heterocycles. The Morgan fingerprint density at radius 1 is 1.12 bits per heavy atom. The van der Waals surface area contributed by atoms with Gasteiger partial charge in [-0.2, -0.15) is 0 Å². The van der Waals surface area contributed by atoms with E-state index >= 15 is 0 Å². The van der Waals surface area contributed by atoms with Gasteiger partial charge in [-0.3, -0.25) is 4.90 Å². The van der Waals surface area contributed by atoms with Crippen LogP contribution in [0.4, 0.5) is 19.0 Å². The number of ether oxygens (including phenoxy) is 1. The van der Waals surface area contributed by atoms with Gasteiger partial charge in [0.2, 0.25) is 0 Å². The molecule has 2 aliphatic rings. The molecule has 10 heteroatoms. The van der Waals surface area contributed by atoms with E-state index in [9.17, 15) is 13.2 Å². The molecule has 0 radical (unpaired) electrons. The standard InChI is InChI=1S/C12H13F3N4O.C11H22N2/c1-6(2)11-18-5-8(19-11)7-3-9(10(16)17-4-7)20-12(13,14)15;1-10-3-4-11(9-10)13-7-5-12(2)6-8-13/h3-6H,1-2H3,(H2,16,17)(H,18,19);10-11H,3-9H2,1-2H3. The van der Waals surface area contributed by atoms with E-state index in [2.05, 4.69) is 43.5 Å². The van der Waals surface area contributed by atoms with E-state index in [0.717, 1.165) is 17.8 Å². The van der Waals surface area contributed by atoms with Crippen LogP contribution in [0.5, 0.6) is 5.75 Å². The molecule has 0 bridgehead atoms. The molecule has 1 aliphatic carbocycles. The number of H-pyrrole nitrogens is 1. The summed E-state index contributed by atoms with van der Waals surface area (Å²) in [6.45, 7) is 11.4. The number of aromatic amines is 1. The van der Waals surface area contributed by atoms with Crippen LogP contribution >= 0.6 is 0 Å². The molecule has 4 rings (SSSR count). The smallest absolute Gasteiger partial charge is 0.402 e. The molecule has 1 saturated heterocycles. The Balaban J connectivity index is 0.000000203. The van der Waals surface area contributed by atoms with E-state index in [1.807, 2.05) is 13.8 Å². The maximum atomic E-state index is 12.2. The van der Waals surface area contributed by atoms with Gasteiger partial charge in [0, 0.05) is 49.9 Å². The highest BCUT2D eigenvalue weighted by atomic mass is 19.4. The van der Waals surface area contributed by atoms with Crippen LogP contribution in [0, 0.1) is 5.92 Å². The molecule has 33 heavy (non-hydrogen) atoms. The third kappa shape index (κ3) is 7.33. The van der Waals surface area contributed by atoms with E-state index in [1.165, 1.54) is 63.9 Å². The lowest BCUT2D eigenvalue weighted by atomic mass is 10.1. The fourth-order valence-electron chi connectivity index (χ4n) is 4.28. The Labute approximate surface area is 193 Å². The van der Waals surface area contributed by atoms with E-state index in [4.69, 9.17) is 5.73 Å². The van der Waals surface area contributed by atoms with Crippen molar-refractivity contribution >= 4 is 5.82 Å². The summed E-state index contributed by atoms with van der Waals surface area (Å²) in [7, 11) is 2.23. The molecule has 3 heterocycles. The van der Waals surface area contributed by atoms with Gasteiger partial charge >= 0.3 is 6.36 Å². The Morgan fingerprint density at radius 2 is 1.82 bits per heavy atom. The van der Waals surface area contributed by atoms with Crippen molar-refractivity contribution in [3.63, 3.8) is 0 Å². The zero-order valence-electron chi connectivity index (χ0n) is 19.8. The minimum absolute atomic E-state index is 0.177. The van der Waals surface area contributed by atoms with Crippen LogP contribution in [0.3, 0.4) is 0 Å². The molecular weight excluding hydrogens is 433 g/mol. The first kappa shape index (κ1) is 25.3. The number of imidazole rings is 1. The second-order valence-electron chi connectivity index (χ2n) is 9.40. The van der Waals surface area contributed by atoms with Crippen molar-refractivity contribution < 1.29 is 17.9 Å². The third-order valence-corrected chi connectivity index (χ3v) is 6.28. The molecule has 2 unspecified atom stereocenters. The number of nitrogens with one attached hydrogen (secondary N) is 1. The maximum absolute atomic E-state index is 12.2. The number of halogens is 3. The summed E-state index contributed by atoms with van der Waals surface area (Å²) < 4.78 is 40.5. The number of rotatable bonds is 4. The number of piperazine rings is 1. The minimum atomic E-state index is -4.81. The summed E-state index contributed by atoms with van der Waals surface area (Å²) >= 11 is 0. The van der Waals surface area contributed by atoms with Crippen molar-refractivity contribution in [1.29, 1.82) is 0 Å². The van der Waals surface area contributed by atoms with Crippen LogP contribution < -0.4 is 10.5 Å². The highest BCUT2D eigenvalue weighted by Gasteiger charge is 2.32. The molecule has 1 saturated carbocycles. The van der Waals surface area contributed by atoms with Crippen molar-refractivity contribution in [2.24, 2.45) is 5.92 Å². The highest BCUT2D eigenvalue weighted by molar-refractivity contribution is 5.63. The lowest BCUT2D eigenvalue weighted by Crippen LogP contribution is -2.48. The topological polar surface area (TPSA) is 83.3 Å². The second kappa shape index (κ2) is 10.7. The van der Waals surface area contributed by atoms with Crippen molar-refractivity contribution in [2.45, 2.75) is 58.4 Å². The molecule has 7 nitrogen and oxygen atoms in total. The molecule has 0 amide bonds. The first-order chi connectivity index (χ1) is 15.5. The van der Waals surface area contributed by atoms with Gasteiger partial charge in [0.15, 0.2) is 11.6 Å². The maximum Gasteiger partial charge on any atom is 0.573 e. The number of aromatic nitrogens is 3. The number of likely N-dealkylation sites (N-methyl/N-ethyl adjacent to an activating group) is 1. The number of nitrogens with two attached hydrogens (primary N) is 1. The fraction of sp³-hybridized carbons (Fsp3) is 0.652. The van der Waals surface area contributed by atoms with Crippen molar-refractivity contribution in [3.05, 3.63) is 24.3 Å². The summed E-state index contributed by atoms with van der Waals surface area (Å²) in [4.78, 5) is 16.0. The van der Waals surface area contributed by atoms with Gasteiger partial charge in [0.25, 0.3) is 0 Å². The zero-order valence-corrected chi connectivity index (χ0v) is 19.8. The molecule has 0 aromatic carbocycles. The number of nitrogen functional groups attached to an aromatic ring is 1. The fourth-order valence-corrected chi connectivity index (χ4v) is 4.28. The summed E-state index contributed by atoms with van der Waals surface area (Å²) in [6.07, 6.45) is 2.42. The predicted octanol–water partition coefficient (Wildman–Crippen LogP) is 4.50. The molecular formula is C23H35F3N6O. The third-order valence-electron chi connectivity index (χ3n) is 6.28. The summed E-state index contributed by atoms with van der Waals surface area (Å²) in [6, 6.07) is 2.09. The number of anilines is 1. The molecule has 0 spiro atoms. The molecule has 3 N–H and O–H groups in total. The quantitative estimate of drug-likeness (QED) is 0.688. The normalized spacial score (nSPS) is 22.3. The van der Waals surface area contributed by atoms with Crippen LogP contribution in [0.1, 0.15) is 51.8 Å². The van der Waals surface area contributed by atoms with Crippen LogP contribution in [0.2, 0.25) is 0 Å². The number of pyridine rings is 1. The average molecular weight is 469 g/mol. The van der Waals surface area contributed by atoms with E-state index in [1.54, 1.807) is 0 Å². The molecule has 2 fully saturated rings. The van der Waals surface area contributed by atoms with Gasteiger partial charge < -0.3 is 20.4 Å². The van der Waals surface area contributed by atoms with Crippen LogP contribution in [0.25, 0.3) is 11.3 Å². The number of hydrogen-bond donors (Lipinski definition) is 2. The van der Waals surface area contributed by atoms with E-state index < -0.39 is 12.1 Å². The van der Waals surface area contributed by atoms with Crippen molar-refractivity contribution in [3.8, 4) is 17.0 Å². The SMILES string of the molecule is CC(C)c1ncc(-c2cnc(N)c(OC(F)(F)F)c2)[nH]1.CC1CCC(N2CCN(C)CC2)C1. The molecule has 1 aliphatic heterocycles. The average Bonchev–Trinajstić information content (AvgIpc) is 3.39. The molecule has 2 atom stereocenters. The number of hydrogen-bond acceptors (Lipinski definition) is 6. The second-order valence-corrected chi connectivity index (χ2v) is 9.40. The summed E-state index contributed by atoms with van der Waals surface area (Å²) in [5.41, 5.74) is 6.33. The lowest BCUT2D eigenvalue weighted by Gasteiger charge is -2.36. The van der Waals surface area contributed by atoms with Gasteiger partial charge in [-0.15, -0.1) is 13.2 Å². The van der Waals surface area contributed by atoms with Crippen molar-refractivity contribution in [2.75, 3.05) is 39.0 Å². The monoisotopic (exact) mass is 468 g/mol. The number of nitrogens with zero attached hydrogens (tertiary/aromatic N) is 4. The van der Waals surface area contributed by atoms with Gasteiger partial charge in [-0.1, -0.05) is 20.8 Å². The molecule has 184 valence electrons. The Morgan fingerprint density at radius 3 is 2.36 bits per heavy atom. The summed E-state index contributed by atoms with van der Waals surface area (Å²) in [5, 5.41) is 0. The van der Waals surface area contributed by atoms with Gasteiger partial charge in [-0.05, 0) is 38.3 Å². The zero-order chi connectivity index (χ0) is 24.2. The molecule has 2 aromatic rings. The van der Waals surface area contributed by atoms with E-state index in [-0.39, 0.29) is 11.7 Å². The van der Waals surface area contributed by atoms with Crippen molar-refractivity contribution in [1.82, 2.24) is 24.8 Å². The summed E-state index contributed by atoms with van der Waals surface area (Å²) in [5.74, 6) is 1.03. The Bertz CT molecular complexity index is 893. The Hall–Kier alpha value is -2.33. The van der Waals surface area contributed by atoms with Crippen LogP contribution in [0.15, 0.2) is 18.5 Å². The van der Waals surface area contributed by atoms with E-state index in [0.29, 0.717) is 11.3 Å². The first-order valence-electron chi connectivity index (χ1n) is 11.5. The Kier molecular flexibility index (Phi) is 8.23. The number of alkyl halides is 3. The predicted molar refractivity (Wildman–Crippen MR) is 123 cm³/mol. The van der Waals surface area contributed by atoms with Crippen LogP contribution in [-0.4, -0.2) is 70.4 Å². The van der Waals surface area contributed by atoms with Gasteiger partial charge in [0.05, 0.1) is 11.9 Å². The highest BCUT2D eigenvalue weighted by Crippen LogP contribution is 2.31. The van der Waals surface area contributed by atoms with Gasteiger partial charge in [-0.25, -0.2) is 9.97 Å². The van der Waals surface area contributed by atoms with Crippen LogP contribution in [-0.2, 0) is 0 Å². The lowest BCUT2D eigenvalue weighted by molar-refractivity contribution is -0.274. The van der Waals surface area contributed by atoms with Gasteiger partial charge in [0.1, 0.15) is 5.82 Å². The largest absolute Gasteiger partial charge is 0.573 e.